The number of hydrogen-bond acceptors (Lipinski definition) is 3. The van der Waals surface area contributed by atoms with Gasteiger partial charge in [0, 0.05) is 32.7 Å². The van der Waals surface area contributed by atoms with E-state index in [0.717, 1.165) is 61.5 Å². The highest BCUT2D eigenvalue weighted by Crippen LogP contribution is 2.25. The molecule has 1 saturated heterocycles. The van der Waals surface area contributed by atoms with Crippen LogP contribution in [-0.2, 0) is 0 Å². The van der Waals surface area contributed by atoms with Crippen LogP contribution in [0, 0.1) is 0 Å². The van der Waals surface area contributed by atoms with Gasteiger partial charge in [-0.15, -0.1) is 0 Å². The van der Waals surface area contributed by atoms with E-state index in [4.69, 9.17) is 23.8 Å². The Balaban J connectivity index is 1.75. The minimum Gasteiger partial charge on any atom is -0.367 e. The Kier molecular flexibility index (Phi) is 6.73. The first-order valence-electron chi connectivity index (χ1n) is 7.75. The zero-order valence-electron chi connectivity index (χ0n) is 13.4. The lowest BCUT2D eigenvalue weighted by molar-refractivity contribution is 0.373. The van der Waals surface area contributed by atoms with E-state index in [2.05, 4.69) is 40.2 Å². The van der Waals surface area contributed by atoms with E-state index in [-0.39, 0.29) is 0 Å². The quantitative estimate of drug-likeness (QED) is 0.654. The van der Waals surface area contributed by atoms with Gasteiger partial charge in [-0.05, 0) is 51.4 Å². The number of nitrogens with zero attached hydrogens (tertiary/aromatic N) is 3. The number of thiocarbonyl (C=S) groups is 1. The average Bonchev–Trinajstić information content (AvgIpc) is 2.52. The Morgan fingerprint density at radius 2 is 1.91 bits per heavy atom. The Hall–Kier alpha value is -1.04. The molecule has 1 fully saturated rings. The lowest BCUT2D eigenvalue weighted by atomic mass is 10.2. The molecule has 0 spiro atoms. The van der Waals surface area contributed by atoms with Crippen molar-refractivity contribution in [3.05, 3.63) is 29.3 Å². The number of para-hydroxylation sites is 1. The van der Waals surface area contributed by atoms with E-state index in [1.54, 1.807) is 0 Å². The van der Waals surface area contributed by atoms with E-state index < -0.39 is 0 Å². The molecular formula is C16H25ClN4S. The van der Waals surface area contributed by atoms with Gasteiger partial charge in [-0.25, -0.2) is 0 Å². The van der Waals surface area contributed by atoms with Gasteiger partial charge in [0.1, 0.15) is 0 Å². The minimum atomic E-state index is 0.820. The number of benzene rings is 1. The maximum Gasteiger partial charge on any atom is 0.169 e. The second-order valence-corrected chi connectivity index (χ2v) is 6.61. The van der Waals surface area contributed by atoms with E-state index in [1.165, 1.54) is 0 Å². The molecule has 1 heterocycles. The molecule has 0 atom stereocenters. The molecule has 1 aliphatic heterocycles. The van der Waals surface area contributed by atoms with Crippen LogP contribution < -0.4 is 10.2 Å². The molecule has 6 heteroatoms. The monoisotopic (exact) mass is 340 g/mol. The molecule has 0 unspecified atom stereocenters. The summed E-state index contributed by atoms with van der Waals surface area (Å²) in [7, 11) is 4.18. The summed E-state index contributed by atoms with van der Waals surface area (Å²) in [6, 6.07) is 8.02. The topological polar surface area (TPSA) is 21.8 Å². The van der Waals surface area contributed by atoms with Crippen molar-refractivity contribution in [2.75, 3.05) is 58.3 Å². The van der Waals surface area contributed by atoms with Gasteiger partial charge in [-0.1, -0.05) is 23.7 Å². The van der Waals surface area contributed by atoms with Gasteiger partial charge >= 0.3 is 0 Å². The van der Waals surface area contributed by atoms with Crippen molar-refractivity contribution in [3.8, 4) is 0 Å². The van der Waals surface area contributed by atoms with Crippen molar-refractivity contribution in [1.82, 2.24) is 15.1 Å². The van der Waals surface area contributed by atoms with Gasteiger partial charge in [0.15, 0.2) is 5.11 Å². The third-order valence-electron chi connectivity index (χ3n) is 3.82. The van der Waals surface area contributed by atoms with Crippen LogP contribution in [0.2, 0.25) is 5.02 Å². The number of rotatable bonds is 5. The molecule has 1 aliphatic rings. The van der Waals surface area contributed by atoms with Crippen molar-refractivity contribution in [1.29, 1.82) is 0 Å². The van der Waals surface area contributed by atoms with E-state index in [9.17, 15) is 0 Å². The van der Waals surface area contributed by atoms with Crippen LogP contribution in [-0.4, -0.2) is 68.3 Å². The zero-order valence-corrected chi connectivity index (χ0v) is 15.0. The highest BCUT2D eigenvalue weighted by molar-refractivity contribution is 7.80. The van der Waals surface area contributed by atoms with Crippen LogP contribution in [0.25, 0.3) is 0 Å². The fourth-order valence-electron chi connectivity index (χ4n) is 2.56. The molecule has 0 bridgehead atoms. The van der Waals surface area contributed by atoms with E-state index >= 15 is 0 Å². The Labute approximate surface area is 144 Å². The second-order valence-electron chi connectivity index (χ2n) is 5.81. The van der Waals surface area contributed by atoms with Crippen LogP contribution in [0.5, 0.6) is 0 Å². The summed E-state index contributed by atoms with van der Waals surface area (Å²) in [5.74, 6) is 0. The lowest BCUT2D eigenvalue weighted by Crippen LogP contribution is -2.52. The maximum atomic E-state index is 6.27. The molecule has 0 aromatic heterocycles. The number of halogens is 1. The normalized spacial score (nSPS) is 15.3. The zero-order chi connectivity index (χ0) is 15.9. The standard InChI is InChI=1S/C16H25ClN4S/c1-19(2)9-5-8-18-16(22)21-12-10-20(11-13-21)15-7-4-3-6-14(15)17/h3-4,6-7H,5,8-13H2,1-2H3,(H,18,22). The smallest absolute Gasteiger partial charge is 0.169 e. The van der Waals surface area contributed by atoms with Gasteiger partial charge in [-0.2, -0.15) is 0 Å². The largest absolute Gasteiger partial charge is 0.367 e. The molecule has 2 rings (SSSR count). The predicted octanol–water partition coefficient (Wildman–Crippen LogP) is 2.29. The molecule has 0 radical (unpaired) electrons. The summed E-state index contributed by atoms with van der Waals surface area (Å²) < 4.78 is 0. The average molecular weight is 341 g/mol. The number of anilines is 1. The van der Waals surface area contributed by atoms with Gasteiger partial charge in [0.2, 0.25) is 0 Å². The summed E-state index contributed by atoms with van der Waals surface area (Å²) in [5, 5.41) is 5.05. The van der Waals surface area contributed by atoms with Gasteiger partial charge < -0.3 is 20.0 Å². The Morgan fingerprint density at radius 3 is 2.55 bits per heavy atom. The molecule has 0 aliphatic carbocycles. The molecular weight excluding hydrogens is 316 g/mol. The molecule has 122 valence electrons. The predicted molar refractivity (Wildman–Crippen MR) is 99.0 cm³/mol. The molecule has 1 N–H and O–H groups in total. The summed E-state index contributed by atoms with van der Waals surface area (Å²) in [6.45, 7) is 5.78. The van der Waals surface area contributed by atoms with Crippen molar-refractivity contribution < 1.29 is 0 Å². The first-order valence-corrected chi connectivity index (χ1v) is 8.53. The van der Waals surface area contributed by atoms with Crippen molar-refractivity contribution in [2.45, 2.75) is 6.42 Å². The summed E-state index contributed by atoms with van der Waals surface area (Å²) >= 11 is 11.8. The fourth-order valence-corrected chi connectivity index (χ4v) is 3.10. The van der Waals surface area contributed by atoms with Gasteiger partial charge in [0.05, 0.1) is 10.7 Å². The SMILES string of the molecule is CN(C)CCCNC(=S)N1CCN(c2ccccc2Cl)CC1. The minimum absolute atomic E-state index is 0.820. The highest BCUT2D eigenvalue weighted by atomic mass is 35.5. The van der Waals surface area contributed by atoms with E-state index in [1.807, 2.05) is 18.2 Å². The first-order chi connectivity index (χ1) is 10.6. The maximum absolute atomic E-state index is 6.27. The van der Waals surface area contributed by atoms with Crippen LogP contribution in [0.15, 0.2) is 24.3 Å². The van der Waals surface area contributed by atoms with E-state index in [0.29, 0.717) is 0 Å². The molecule has 22 heavy (non-hydrogen) atoms. The van der Waals surface area contributed by atoms with Crippen molar-refractivity contribution >= 4 is 34.6 Å². The molecule has 0 saturated carbocycles. The molecule has 1 aromatic rings. The second kappa shape index (κ2) is 8.56. The molecule has 1 aromatic carbocycles. The number of piperazine rings is 1. The third-order valence-corrected chi connectivity index (χ3v) is 4.54. The van der Waals surface area contributed by atoms with Crippen LogP contribution in [0.3, 0.4) is 0 Å². The third kappa shape index (κ3) is 5.00. The van der Waals surface area contributed by atoms with Crippen LogP contribution in [0.1, 0.15) is 6.42 Å². The highest BCUT2D eigenvalue weighted by Gasteiger charge is 2.20. The van der Waals surface area contributed by atoms with Crippen molar-refractivity contribution in [2.24, 2.45) is 0 Å². The van der Waals surface area contributed by atoms with Gasteiger partial charge in [-0.3, -0.25) is 0 Å². The summed E-state index contributed by atoms with van der Waals surface area (Å²) in [6.07, 6.45) is 1.10. The first kappa shape index (κ1) is 17.3. The Morgan fingerprint density at radius 1 is 1.23 bits per heavy atom. The lowest BCUT2D eigenvalue weighted by Gasteiger charge is -2.37. The summed E-state index contributed by atoms with van der Waals surface area (Å²) in [4.78, 5) is 6.76. The fraction of sp³-hybridized carbons (Fsp3) is 0.562. The summed E-state index contributed by atoms with van der Waals surface area (Å²) in [5.41, 5.74) is 1.12. The van der Waals surface area contributed by atoms with Crippen LogP contribution >= 0.6 is 23.8 Å². The molecule has 4 nitrogen and oxygen atoms in total. The van der Waals surface area contributed by atoms with Gasteiger partial charge in [0.25, 0.3) is 0 Å². The van der Waals surface area contributed by atoms with Crippen LogP contribution in [0.4, 0.5) is 5.69 Å². The number of hydrogen-bond donors (Lipinski definition) is 1. The van der Waals surface area contributed by atoms with Crippen molar-refractivity contribution in [3.63, 3.8) is 0 Å². The Bertz CT molecular complexity index is 487. The number of nitrogens with one attached hydrogen (secondary N) is 1. The molecule has 0 amide bonds.